The van der Waals surface area contributed by atoms with Gasteiger partial charge in [-0.05, 0) is 50.5 Å². The maximum Gasteiger partial charge on any atom is 0.249 e. The summed E-state index contributed by atoms with van der Waals surface area (Å²) in [4.78, 5) is 11.8. The summed E-state index contributed by atoms with van der Waals surface area (Å²) in [5.41, 5.74) is 7.22. The monoisotopic (exact) mass is 299 g/mol. The summed E-state index contributed by atoms with van der Waals surface area (Å²) in [5, 5.41) is 6.55. The Morgan fingerprint density at radius 2 is 1.70 bits per heavy atom. The molecule has 0 fully saturated rings. The molecule has 1 amide bonds. The molecule has 0 radical (unpaired) electrons. The van der Waals surface area contributed by atoms with E-state index < -0.39 is 5.91 Å². The number of fused-ring (bicyclic) bond motifs is 2. The van der Waals surface area contributed by atoms with Crippen LogP contribution in [0.15, 0.2) is 48.5 Å². The number of carbonyl (C=O) groups is 1. The molecule has 0 saturated carbocycles. The molecule has 0 bridgehead atoms. The zero-order chi connectivity index (χ0) is 15.6. The van der Waals surface area contributed by atoms with Gasteiger partial charge in [0.1, 0.15) is 12.4 Å². The van der Waals surface area contributed by atoms with Crippen LogP contribution in [0.5, 0.6) is 5.75 Å². The van der Waals surface area contributed by atoms with E-state index in [1.165, 1.54) is 0 Å². The van der Waals surface area contributed by atoms with Crippen LogP contribution in [0, 0.1) is 0 Å². The SMILES string of the molecule is NC(=O)c1ccc2ccc3cc4c(c5ccc1c2c35)C=CCO4. The zero-order valence-corrected chi connectivity index (χ0v) is 12.3. The molecule has 1 heterocycles. The van der Waals surface area contributed by atoms with Crippen molar-refractivity contribution in [3.63, 3.8) is 0 Å². The van der Waals surface area contributed by atoms with Crippen molar-refractivity contribution < 1.29 is 9.53 Å². The predicted molar refractivity (Wildman–Crippen MR) is 93.2 cm³/mol. The van der Waals surface area contributed by atoms with Crippen LogP contribution in [-0.2, 0) is 0 Å². The van der Waals surface area contributed by atoms with Crippen molar-refractivity contribution in [2.24, 2.45) is 5.73 Å². The highest BCUT2D eigenvalue weighted by Gasteiger charge is 2.17. The molecule has 110 valence electrons. The summed E-state index contributed by atoms with van der Waals surface area (Å²) >= 11 is 0. The molecule has 3 heteroatoms. The molecule has 0 saturated heterocycles. The molecular formula is C20H13NO2. The van der Waals surface area contributed by atoms with Crippen molar-refractivity contribution in [2.45, 2.75) is 0 Å². The first-order valence-corrected chi connectivity index (χ1v) is 7.58. The number of hydrogen-bond acceptors (Lipinski definition) is 2. The first-order valence-electron chi connectivity index (χ1n) is 7.58. The van der Waals surface area contributed by atoms with Crippen molar-refractivity contribution >= 4 is 44.3 Å². The van der Waals surface area contributed by atoms with Gasteiger partial charge in [-0.3, -0.25) is 4.79 Å². The summed E-state index contributed by atoms with van der Waals surface area (Å²) in [6.45, 7) is 0.603. The number of nitrogens with two attached hydrogens (primary N) is 1. The summed E-state index contributed by atoms with van der Waals surface area (Å²) in [6.07, 6.45) is 4.13. The van der Waals surface area contributed by atoms with Crippen molar-refractivity contribution in [3.8, 4) is 5.75 Å². The van der Waals surface area contributed by atoms with E-state index in [1.807, 2.05) is 24.3 Å². The fourth-order valence-corrected chi connectivity index (χ4v) is 3.68. The third kappa shape index (κ3) is 1.56. The smallest absolute Gasteiger partial charge is 0.249 e. The highest BCUT2D eigenvalue weighted by Crippen LogP contribution is 2.41. The van der Waals surface area contributed by atoms with Gasteiger partial charge in [0, 0.05) is 11.1 Å². The minimum Gasteiger partial charge on any atom is -0.489 e. The van der Waals surface area contributed by atoms with E-state index in [-0.39, 0.29) is 0 Å². The fourth-order valence-electron chi connectivity index (χ4n) is 3.68. The average molecular weight is 299 g/mol. The Labute approximate surface area is 132 Å². The Morgan fingerprint density at radius 3 is 2.57 bits per heavy atom. The topological polar surface area (TPSA) is 52.3 Å². The van der Waals surface area contributed by atoms with Crippen LogP contribution < -0.4 is 10.5 Å². The van der Waals surface area contributed by atoms with Crippen molar-refractivity contribution in [2.75, 3.05) is 6.61 Å². The van der Waals surface area contributed by atoms with E-state index in [0.29, 0.717) is 12.2 Å². The standard InChI is InChI=1S/C20H13NO2/c21-20(22)16-6-5-11-3-4-12-10-17-13(2-1-9-23-17)14-7-8-15(16)18(11)19(12)14/h1-8,10H,9H2,(H2,21,22). The number of hydrogen-bond donors (Lipinski definition) is 1. The van der Waals surface area contributed by atoms with Crippen LogP contribution in [0.2, 0.25) is 0 Å². The Morgan fingerprint density at radius 1 is 0.957 bits per heavy atom. The normalized spacial score (nSPS) is 13.6. The zero-order valence-electron chi connectivity index (χ0n) is 12.3. The molecule has 3 nitrogen and oxygen atoms in total. The van der Waals surface area contributed by atoms with E-state index in [9.17, 15) is 4.79 Å². The summed E-state index contributed by atoms with van der Waals surface area (Å²) in [7, 11) is 0. The Hall–Kier alpha value is -3.07. The second kappa shape index (κ2) is 4.23. The van der Waals surface area contributed by atoms with Crippen molar-refractivity contribution in [3.05, 3.63) is 59.7 Å². The third-order valence-electron chi connectivity index (χ3n) is 4.67. The van der Waals surface area contributed by atoms with Crippen LogP contribution in [0.1, 0.15) is 15.9 Å². The Kier molecular flexibility index (Phi) is 2.29. The minimum absolute atomic E-state index is 0.395. The number of amides is 1. The maximum atomic E-state index is 11.8. The summed E-state index contributed by atoms with van der Waals surface area (Å²) in [6, 6.07) is 14.1. The predicted octanol–water partition coefficient (Wildman–Crippen LogP) is 4.09. The first kappa shape index (κ1) is 12.5. The van der Waals surface area contributed by atoms with Gasteiger partial charge >= 0.3 is 0 Å². The van der Waals surface area contributed by atoms with Gasteiger partial charge in [0.25, 0.3) is 0 Å². The second-order valence-electron chi connectivity index (χ2n) is 5.90. The molecule has 0 spiro atoms. The van der Waals surface area contributed by atoms with Gasteiger partial charge < -0.3 is 10.5 Å². The highest BCUT2D eigenvalue weighted by atomic mass is 16.5. The fraction of sp³-hybridized carbons (Fsp3) is 0.0500. The second-order valence-corrected chi connectivity index (χ2v) is 5.90. The van der Waals surface area contributed by atoms with Gasteiger partial charge in [-0.1, -0.05) is 36.4 Å². The van der Waals surface area contributed by atoms with Gasteiger partial charge in [-0.15, -0.1) is 0 Å². The van der Waals surface area contributed by atoms with Crippen LogP contribution in [0.4, 0.5) is 0 Å². The molecule has 0 atom stereocenters. The molecule has 2 N–H and O–H groups in total. The van der Waals surface area contributed by atoms with Crippen LogP contribution in [0.3, 0.4) is 0 Å². The van der Waals surface area contributed by atoms with E-state index in [2.05, 4.69) is 30.3 Å². The molecule has 1 aliphatic heterocycles. The lowest BCUT2D eigenvalue weighted by molar-refractivity contribution is 0.100. The molecule has 4 aromatic rings. The average Bonchev–Trinajstić information content (AvgIpc) is 2.58. The lowest BCUT2D eigenvalue weighted by atomic mass is 9.89. The molecule has 0 unspecified atom stereocenters. The van der Waals surface area contributed by atoms with Crippen molar-refractivity contribution in [1.82, 2.24) is 0 Å². The molecule has 5 rings (SSSR count). The van der Waals surface area contributed by atoms with Gasteiger partial charge in [0.2, 0.25) is 5.91 Å². The van der Waals surface area contributed by atoms with Gasteiger partial charge in [-0.2, -0.15) is 0 Å². The van der Waals surface area contributed by atoms with Crippen LogP contribution >= 0.6 is 0 Å². The third-order valence-corrected chi connectivity index (χ3v) is 4.67. The number of carbonyl (C=O) groups excluding carboxylic acids is 1. The minimum atomic E-state index is -0.395. The highest BCUT2D eigenvalue weighted by molar-refractivity contribution is 6.27. The largest absolute Gasteiger partial charge is 0.489 e. The molecule has 0 aliphatic carbocycles. The van der Waals surface area contributed by atoms with E-state index in [4.69, 9.17) is 10.5 Å². The van der Waals surface area contributed by atoms with Gasteiger partial charge in [0.05, 0.1) is 0 Å². The number of primary amides is 1. The van der Waals surface area contributed by atoms with Gasteiger partial charge in [0.15, 0.2) is 0 Å². The molecule has 23 heavy (non-hydrogen) atoms. The van der Waals surface area contributed by atoms with Crippen LogP contribution in [0.25, 0.3) is 38.4 Å². The van der Waals surface area contributed by atoms with Crippen LogP contribution in [-0.4, -0.2) is 12.5 Å². The maximum absolute atomic E-state index is 11.8. The summed E-state index contributed by atoms with van der Waals surface area (Å²) < 4.78 is 5.77. The molecule has 0 aromatic heterocycles. The Balaban J connectivity index is 2.07. The quantitative estimate of drug-likeness (QED) is 0.538. The summed E-state index contributed by atoms with van der Waals surface area (Å²) in [5.74, 6) is 0.515. The number of rotatable bonds is 1. The lowest BCUT2D eigenvalue weighted by Crippen LogP contribution is -2.11. The molecular weight excluding hydrogens is 286 g/mol. The van der Waals surface area contributed by atoms with E-state index in [0.717, 1.165) is 43.6 Å². The Bertz CT molecular complexity index is 1140. The molecule has 1 aliphatic rings. The first-order chi connectivity index (χ1) is 11.2. The molecule has 4 aromatic carbocycles. The number of ether oxygens (including phenoxy) is 1. The lowest BCUT2D eigenvalue weighted by Gasteiger charge is -2.19. The van der Waals surface area contributed by atoms with Crippen molar-refractivity contribution in [1.29, 1.82) is 0 Å². The van der Waals surface area contributed by atoms with E-state index in [1.54, 1.807) is 0 Å². The number of benzene rings is 4. The van der Waals surface area contributed by atoms with Gasteiger partial charge in [-0.25, -0.2) is 0 Å². The van der Waals surface area contributed by atoms with E-state index >= 15 is 0 Å².